The Morgan fingerprint density at radius 2 is 2.15 bits per heavy atom. The van der Waals surface area contributed by atoms with Crippen molar-refractivity contribution in [2.75, 3.05) is 6.61 Å². The van der Waals surface area contributed by atoms with E-state index >= 15 is 0 Å². The van der Waals surface area contributed by atoms with Crippen molar-refractivity contribution in [2.45, 2.75) is 57.6 Å². The van der Waals surface area contributed by atoms with Gasteiger partial charge in [0.1, 0.15) is 0 Å². The Labute approximate surface area is 85.7 Å². The summed E-state index contributed by atoms with van der Waals surface area (Å²) >= 11 is 0. The molecule has 1 rings (SSSR count). The summed E-state index contributed by atoms with van der Waals surface area (Å²) in [4.78, 5) is 0. The normalized spacial score (nSPS) is 29.8. The van der Waals surface area contributed by atoms with Crippen molar-refractivity contribution < 1.29 is 4.74 Å². The highest BCUT2D eigenvalue weighted by Crippen LogP contribution is 2.27. The van der Waals surface area contributed by atoms with E-state index in [1.807, 2.05) is 0 Å². The zero-order chi connectivity index (χ0) is 9.73. The Bertz CT molecular complexity index is 139. The number of hydrogen-bond donors (Lipinski definition) is 0. The van der Waals surface area contributed by atoms with Crippen molar-refractivity contribution in [1.82, 2.24) is 0 Å². The zero-order valence-electron chi connectivity index (χ0n) is 9.44. The predicted molar refractivity (Wildman–Crippen MR) is 61.2 cm³/mol. The molecule has 1 saturated heterocycles. The second-order valence-electron chi connectivity index (χ2n) is 5.04. The van der Waals surface area contributed by atoms with E-state index in [9.17, 15) is 0 Å². The van der Waals surface area contributed by atoms with Gasteiger partial charge >= 0.3 is 0 Å². The second kappa shape index (κ2) is 5.16. The van der Waals surface area contributed by atoms with Crippen molar-refractivity contribution in [2.24, 2.45) is 5.92 Å². The first-order valence-corrected chi connectivity index (χ1v) is 6.76. The van der Waals surface area contributed by atoms with Gasteiger partial charge in [-0.2, -0.15) is 0 Å². The number of rotatable bonds is 4. The van der Waals surface area contributed by atoms with E-state index in [0.717, 1.165) is 12.5 Å². The van der Waals surface area contributed by atoms with E-state index < -0.39 is 0 Å². The minimum Gasteiger partial charge on any atom is -0.380 e. The molecular weight excluding hydrogens is 176 g/mol. The fraction of sp³-hybridized carbons (Fsp3) is 1.00. The van der Waals surface area contributed by atoms with Gasteiger partial charge in [-0.05, 0) is 31.6 Å². The molecule has 1 fully saturated rings. The summed E-state index contributed by atoms with van der Waals surface area (Å²) in [7, 11) is 1.22. The number of ether oxygens (including phenoxy) is 1. The van der Waals surface area contributed by atoms with Gasteiger partial charge in [0.05, 0.1) is 0 Å². The summed E-state index contributed by atoms with van der Waals surface area (Å²) in [6.45, 7) is 5.63. The first-order valence-electron chi connectivity index (χ1n) is 5.76. The molecule has 0 bridgehead atoms. The van der Waals surface area contributed by atoms with Crippen LogP contribution in [-0.4, -0.2) is 22.1 Å². The van der Waals surface area contributed by atoms with Crippen LogP contribution < -0.4 is 0 Å². The van der Waals surface area contributed by atoms with Crippen LogP contribution in [0.5, 0.6) is 0 Å². The Hall–Kier alpha value is 0.177. The van der Waals surface area contributed by atoms with Crippen LogP contribution in [-0.2, 0) is 4.74 Å². The molecule has 1 aliphatic rings. The SMILES string of the molecule is CC(C)CCCC1([SiH3])CCCCO1. The van der Waals surface area contributed by atoms with Crippen LogP contribution in [0.2, 0.25) is 0 Å². The first-order chi connectivity index (χ1) is 6.12. The molecular formula is C11H24OSi. The average Bonchev–Trinajstić information content (AvgIpc) is 2.04. The second-order valence-corrected chi connectivity index (χ2v) is 6.86. The molecule has 2 heteroatoms. The number of hydrogen-bond acceptors (Lipinski definition) is 1. The molecule has 1 nitrogen and oxygen atoms in total. The van der Waals surface area contributed by atoms with Crippen molar-refractivity contribution in [1.29, 1.82) is 0 Å². The maximum atomic E-state index is 5.91. The fourth-order valence-corrected chi connectivity index (χ4v) is 2.98. The van der Waals surface area contributed by atoms with Gasteiger partial charge in [0.15, 0.2) is 0 Å². The van der Waals surface area contributed by atoms with Crippen LogP contribution in [0, 0.1) is 5.92 Å². The maximum Gasteiger partial charge on any atom is 0.0486 e. The Morgan fingerprint density at radius 1 is 1.38 bits per heavy atom. The van der Waals surface area contributed by atoms with E-state index in [0.29, 0.717) is 5.22 Å². The molecule has 0 aromatic carbocycles. The van der Waals surface area contributed by atoms with Gasteiger partial charge in [-0.1, -0.05) is 26.7 Å². The third kappa shape index (κ3) is 4.27. The van der Waals surface area contributed by atoms with Crippen molar-refractivity contribution in [3.63, 3.8) is 0 Å². The molecule has 1 atom stereocenters. The van der Waals surface area contributed by atoms with Gasteiger partial charge in [0.2, 0.25) is 0 Å². The zero-order valence-corrected chi connectivity index (χ0v) is 11.4. The minimum absolute atomic E-state index is 0.354. The molecule has 0 radical (unpaired) electrons. The van der Waals surface area contributed by atoms with Gasteiger partial charge in [-0.25, -0.2) is 0 Å². The van der Waals surface area contributed by atoms with E-state index in [2.05, 4.69) is 13.8 Å². The molecule has 0 saturated carbocycles. The van der Waals surface area contributed by atoms with Crippen LogP contribution in [0.1, 0.15) is 52.4 Å². The highest BCUT2D eigenvalue weighted by Gasteiger charge is 2.26. The molecule has 0 aliphatic carbocycles. The van der Waals surface area contributed by atoms with Crippen molar-refractivity contribution in [3.05, 3.63) is 0 Å². The van der Waals surface area contributed by atoms with Crippen molar-refractivity contribution in [3.8, 4) is 0 Å². The molecule has 13 heavy (non-hydrogen) atoms. The van der Waals surface area contributed by atoms with E-state index in [4.69, 9.17) is 4.74 Å². The topological polar surface area (TPSA) is 9.23 Å². The van der Waals surface area contributed by atoms with E-state index in [1.165, 1.54) is 48.8 Å². The van der Waals surface area contributed by atoms with Gasteiger partial charge in [-0.3, -0.25) is 0 Å². The fourth-order valence-electron chi connectivity index (χ4n) is 2.07. The van der Waals surface area contributed by atoms with Gasteiger partial charge in [0.25, 0.3) is 0 Å². The third-order valence-corrected chi connectivity index (χ3v) is 4.33. The molecule has 0 aromatic rings. The smallest absolute Gasteiger partial charge is 0.0486 e. The van der Waals surface area contributed by atoms with Crippen LogP contribution in [0.3, 0.4) is 0 Å². The molecule has 1 heterocycles. The summed E-state index contributed by atoms with van der Waals surface area (Å²) in [6, 6.07) is 0. The summed E-state index contributed by atoms with van der Waals surface area (Å²) in [6.07, 6.45) is 8.06. The minimum atomic E-state index is 0.354. The largest absolute Gasteiger partial charge is 0.380 e. The molecule has 0 N–H and O–H groups in total. The summed E-state index contributed by atoms with van der Waals surface area (Å²) in [5.41, 5.74) is 0. The van der Waals surface area contributed by atoms with Gasteiger partial charge in [0, 0.05) is 22.1 Å². The highest BCUT2D eigenvalue weighted by atomic mass is 28.1. The lowest BCUT2D eigenvalue weighted by atomic mass is 9.99. The lowest BCUT2D eigenvalue weighted by molar-refractivity contribution is -0.0243. The predicted octanol–water partition coefficient (Wildman–Crippen LogP) is 2.07. The summed E-state index contributed by atoms with van der Waals surface area (Å²) in [5.74, 6) is 0.855. The maximum absolute atomic E-state index is 5.91. The molecule has 0 amide bonds. The summed E-state index contributed by atoms with van der Waals surface area (Å²) in [5, 5.41) is 0.354. The van der Waals surface area contributed by atoms with Crippen molar-refractivity contribution >= 4 is 10.2 Å². The lowest BCUT2D eigenvalue weighted by Crippen LogP contribution is -2.36. The molecule has 1 aliphatic heterocycles. The Morgan fingerprint density at radius 3 is 2.69 bits per heavy atom. The van der Waals surface area contributed by atoms with Gasteiger partial charge in [-0.15, -0.1) is 0 Å². The lowest BCUT2D eigenvalue weighted by Gasteiger charge is -2.34. The van der Waals surface area contributed by atoms with Crippen LogP contribution >= 0.6 is 0 Å². The molecule has 1 unspecified atom stereocenters. The summed E-state index contributed by atoms with van der Waals surface area (Å²) < 4.78 is 5.91. The molecule has 78 valence electrons. The monoisotopic (exact) mass is 200 g/mol. The standard InChI is InChI=1S/C11H24OSi/c1-10(2)6-5-8-11(13)7-3-4-9-12-11/h10H,3-9H2,1-2,13H3. The third-order valence-electron chi connectivity index (χ3n) is 3.04. The van der Waals surface area contributed by atoms with Gasteiger partial charge < -0.3 is 4.74 Å². The van der Waals surface area contributed by atoms with E-state index in [1.54, 1.807) is 0 Å². The first kappa shape index (κ1) is 11.3. The van der Waals surface area contributed by atoms with Crippen LogP contribution in [0.15, 0.2) is 0 Å². The average molecular weight is 200 g/mol. The quantitative estimate of drug-likeness (QED) is 0.631. The Kier molecular flexibility index (Phi) is 4.46. The Balaban J connectivity index is 2.17. The van der Waals surface area contributed by atoms with E-state index in [-0.39, 0.29) is 0 Å². The molecule has 0 spiro atoms. The molecule has 0 aromatic heterocycles. The highest BCUT2D eigenvalue weighted by molar-refractivity contribution is 6.14. The van der Waals surface area contributed by atoms with Crippen LogP contribution in [0.4, 0.5) is 0 Å². The van der Waals surface area contributed by atoms with Crippen LogP contribution in [0.25, 0.3) is 0 Å².